The van der Waals surface area contributed by atoms with Gasteiger partial charge in [-0.25, -0.2) is 4.79 Å². The monoisotopic (exact) mass is 423 g/mol. The average molecular weight is 424 g/mol. The molecule has 2 saturated heterocycles. The molecule has 9 nitrogen and oxygen atoms in total. The minimum absolute atomic E-state index is 0.0192. The van der Waals surface area contributed by atoms with E-state index in [9.17, 15) is 19.8 Å². The number of fused-ring (bicyclic) bond motifs is 1. The third-order valence-corrected chi connectivity index (χ3v) is 8.21. The maximum absolute atomic E-state index is 12.4. The number of likely N-dealkylation sites (tertiary alicyclic amines) is 1. The Hall–Kier alpha value is -1.78. The van der Waals surface area contributed by atoms with E-state index in [0.29, 0.717) is 11.3 Å². The van der Waals surface area contributed by atoms with Gasteiger partial charge in [-0.3, -0.25) is 15.1 Å². The highest BCUT2D eigenvalue weighted by Crippen LogP contribution is 2.52. The van der Waals surface area contributed by atoms with Crippen LogP contribution in [-0.4, -0.2) is 80.4 Å². The molecular weight excluding hydrogens is 394 g/mol. The van der Waals surface area contributed by atoms with Crippen molar-refractivity contribution in [1.82, 2.24) is 15.1 Å². The van der Waals surface area contributed by atoms with E-state index in [4.69, 9.17) is 11.1 Å². The highest BCUT2D eigenvalue weighted by Gasteiger charge is 2.60. The standard InChI is InChI=1S/C19H29N5O4S/c1-8-14-13(9(2)25)17(26)24(14)15(18(27)28)16(8)29-12-6-23(7-12)11-4-3-10(5-11)22-19(20)21/h8-14,25H,3-7H2,1-2H3,(H,27,28)(H4,20,21,22)/t8-,9?,10-,11-,13-,14-/m1/s1. The van der Waals surface area contributed by atoms with Crippen LogP contribution in [0.25, 0.3) is 0 Å². The number of nitrogens with two attached hydrogens (primary N) is 1. The first kappa shape index (κ1) is 20.5. The molecule has 0 bridgehead atoms. The van der Waals surface area contributed by atoms with Gasteiger partial charge in [0, 0.05) is 41.2 Å². The summed E-state index contributed by atoms with van der Waals surface area (Å²) in [6.07, 6.45) is 2.27. The second-order valence-electron chi connectivity index (χ2n) is 8.69. The zero-order valence-corrected chi connectivity index (χ0v) is 17.5. The molecular formula is C19H29N5O4S. The van der Waals surface area contributed by atoms with Gasteiger partial charge in [-0.05, 0) is 26.2 Å². The summed E-state index contributed by atoms with van der Waals surface area (Å²) < 4.78 is 0. The highest BCUT2D eigenvalue weighted by atomic mass is 32.2. The summed E-state index contributed by atoms with van der Waals surface area (Å²) in [6.45, 7) is 5.34. The fourth-order valence-corrected chi connectivity index (χ4v) is 6.88. The molecule has 4 rings (SSSR count). The first-order chi connectivity index (χ1) is 13.7. The van der Waals surface area contributed by atoms with Gasteiger partial charge in [-0.1, -0.05) is 6.92 Å². The van der Waals surface area contributed by atoms with E-state index < -0.39 is 18.0 Å². The molecule has 160 valence electrons. The Balaban J connectivity index is 1.37. The van der Waals surface area contributed by atoms with Crippen molar-refractivity contribution in [3.05, 3.63) is 10.6 Å². The van der Waals surface area contributed by atoms with Crippen LogP contribution in [0.5, 0.6) is 0 Å². The molecule has 3 fully saturated rings. The van der Waals surface area contributed by atoms with Crippen molar-refractivity contribution in [2.45, 2.75) is 62.6 Å². The number of thioether (sulfide) groups is 1. The average Bonchev–Trinajstić information content (AvgIpc) is 3.11. The number of aliphatic hydroxyl groups is 1. The van der Waals surface area contributed by atoms with Gasteiger partial charge in [0.05, 0.1) is 18.1 Å². The largest absolute Gasteiger partial charge is 0.477 e. The van der Waals surface area contributed by atoms with Crippen molar-refractivity contribution in [2.24, 2.45) is 17.6 Å². The minimum atomic E-state index is -1.07. The van der Waals surface area contributed by atoms with Gasteiger partial charge in [0.1, 0.15) is 5.70 Å². The van der Waals surface area contributed by atoms with Crippen molar-refractivity contribution < 1.29 is 19.8 Å². The Morgan fingerprint density at radius 3 is 2.66 bits per heavy atom. The molecule has 1 unspecified atom stereocenters. The third-order valence-electron chi connectivity index (χ3n) is 6.76. The van der Waals surface area contributed by atoms with Crippen LogP contribution >= 0.6 is 11.8 Å². The van der Waals surface area contributed by atoms with E-state index >= 15 is 0 Å². The number of carboxylic acids is 1. The van der Waals surface area contributed by atoms with Gasteiger partial charge < -0.3 is 26.2 Å². The smallest absolute Gasteiger partial charge is 0.353 e. The first-order valence-corrected chi connectivity index (χ1v) is 11.1. The number of carbonyl (C=O) groups is 2. The van der Waals surface area contributed by atoms with Crippen molar-refractivity contribution in [3.63, 3.8) is 0 Å². The van der Waals surface area contributed by atoms with Gasteiger partial charge in [-0.15, -0.1) is 11.8 Å². The molecule has 0 aromatic carbocycles. The molecule has 29 heavy (non-hydrogen) atoms. The molecule has 0 aromatic heterocycles. The Morgan fingerprint density at radius 2 is 2.07 bits per heavy atom. The number of hydrogen-bond acceptors (Lipinski definition) is 6. The molecule has 1 saturated carbocycles. The number of amides is 1. The summed E-state index contributed by atoms with van der Waals surface area (Å²) in [4.78, 5) is 28.9. The molecule has 6 atom stereocenters. The van der Waals surface area contributed by atoms with E-state index in [1.54, 1.807) is 18.7 Å². The number of rotatable bonds is 6. The molecule has 3 heterocycles. The van der Waals surface area contributed by atoms with Gasteiger partial charge in [0.15, 0.2) is 5.96 Å². The highest BCUT2D eigenvalue weighted by molar-refractivity contribution is 8.03. The molecule has 0 aromatic rings. The zero-order valence-electron chi connectivity index (χ0n) is 16.7. The summed E-state index contributed by atoms with van der Waals surface area (Å²) in [5.74, 6) is -1.92. The molecule has 0 radical (unpaired) electrons. The molecule has 3 aliphatic heterocycles. The van der Waals surface area contributed by atoms with Crippen LogP contribution in [0, 0.1) is 17.2 Å². The second-order valence-corrected chi connectivity index (χ2v) is 10.0. The summed E-state index contributed by atoms with van der Waals surface area (Å²) >= 11 is 1.59. The van der Waals surface area contributed by atoms with Gasteiger partial charge in [0.2, 0.25) is 5.91 Å². The number of hydrogen-bond donors (Lipinski definition) is 5. The summed E-state index contributed by atoms with van der Waals surface area (Å²) in [5, 5.41) is 30.3. The van der Waals surface area contributed by atoms with E-state index in [2.05, 4.69) is 10.2 Å². The Bertz CT molecular complexity index is 766. The number of nitrogens with zero attached hydrogens (tertiary/aromatic N) is 2. The Kier molecular flexibility index (Phi) is 5.28. The van der Waals surface area contributed by atoms with Crippen LogP contribution in [0.3, 0.4) is 0 Å². The SMILES string of the molecule is CC(O)[C@H]1C(=O)N2C(C(=O)O)=C(SC3CN([C@@H]4CC[C@@H](NC(=N)N)C4)C3)[C@H](C)[C@H]12. The fraction of sp³-hybridized carbons (Fsp3) is 0.737. The Labute approximate surface area is 174 Å². The minimum Gasteiger partial charge on any atom is -0.477 e. The van der Waals surface area contributed by atoms with Gasteiger partial charge in [0.25, 0.3) is 0 Å². The van der Waals surface area contributed by atoms with Crippen LogP contribution < -0.4 is 11.1 Å². The van der Waals surface area contributed by atoms with E-state index in [-0.39, 0.29) is 35.6 Å². The zero-order chi connectivity index (χ0) is 21.0. The quantitative estimate of drug-likeness (QED) is 0.228. The van der Waals surface area contributed by atoms with Crippen molar-refractivity contribution in [2.75, 3.05) is 13.1 Å². The Morgan fingerprint density at radius 1 is 1.38 bits per heavy atom. The van der Waals surface area contributed by atoms with Gasteiger partial charge in [-0.2, -0.15) is 0 Å². The normalized spacial score (nSPS) is 35.9. The molecule has 6 N–H and O–H groups in total. The lowest BCUT2D eigenvalue weighted by Crippen LogP contribution is -2.63. The lowest BCUT2D eigenvalue weighted by molar-refractivity contribution is -0.163. The molecule has 1 aliphatic carbocycles. The van der Waals surface area contributed by atoms with E-state index in [0.717, 1.165) is 37.3 Å². The van der Waals surface area contributed by atoms with Crippen molar-refractivity contribution >= 4 is 29.6 Å². The summed E-state index contributed by atoms with van der Waals surface area (Å²) in [5.41, 5.74) is 5.54. The van der Waals surface area contributed by atoms with Crippen LogP contribution in [0.4, 0.5) is 0 Å². The van der Waals surface area contributed by atoms with E-state index in [1.165, 1.54) is 4.90 Å². The second kappa shape index (κ2) is 7.48. The number of carboxylic acid groups (broad SMARTS) is 1. The van der Waals surface area contributed by atoms with E-state index in [1.807, 2.05) is 6.92 Å². The van der Waals surface area contributed by atoms with Crippen molar-refractivity contribution in [3.8, 4) is 0 Å². The van der Waals surface area contributed by atoms with Crippen LogP contribution in [0.15, 0.2) is 10.6 Å². The predicted molar refractivity (Wildman–Crippen MR) is 109 cm³/mol. The van der Waals surface area contributed by atoms with Gasteiger partial charge >= 0.3 is 5.97 Å². The van der Waals surface area contributed by atoms with Crippen LogP contribution in [-0.2, 0) is 9.59 Å². The lowest BCUT2D eigenvalue weighted by atomic mass is 9.79. The van der Waals surface area contributed by atoms with Crippen LogP contribution in [0.1, 0.15) is 33.1 Å². The third kappa shape index (κ3) is 3.40. The molecule has 1 amide bonds. The fourth-order valence-electron chi connectivity index (χ4n) is 5.34. The number of β-lactam (4-membered cyclic amide) rings is 1. The topological polar surface area (TPSA) is 143 Å². The number of aliphatic carboxylic acids is 1. The number of carbonyl (C=O) groups excluding carboxylic acids is 1. The lowest BCUT2D eigenvalue weighted by Gasteiger charge is -2.46. The number of nitrogens with one attached hydrogen (secondary N) is 2. The number of guanidine groups is 1. The number of aliphatic hydroxyl groups excluding tert-OH is 1. The van der Waals surface area contributed by atoms with Crippen LogP contribution in [0.2, 0.25) is 0 Å². The predicted octanol–water partition coefficient (Wildman–Crippen LogP) is -0.0383. The molecule has 0 spiro atoms. The molecule has 10 heteroatoms. The maximum atomic E-state index is 12.4. The summed E-state index contributed by atoms with van der Waals surface area (Å²) in [6, 6.07) is 0.478. The summed E-state index contributed by atoms with van der Waals surface area (Å²) in [7, 11) is 0. The maximum Gasteiger partial charge on any atom is 0.353 e. The molecule has 4 aliphatic rings. The van der Waals surface area contributed by atoms with Crippen molar-refractivity contribution in [1.29, 1.82) is 5.41 Å². The first-order valence-electron chi connectivity index (χ1n) is 10.2.